The summed E-state index contributed by atoms with van der Waals surface area (Å²) in [5.41, 5.74) is 1.68. The second-order valence-corrected chi connectivity index (χ2v) is 8.36. The number of fused-ring (bicyclic) bond motifs is 1. The van der Waals surface area contributed by atoms with E-state index in [9.17, 15) is 9.59 Å². The molecule has 1 amide bonds. The van der Waals surface area contributed by atoms with Crippen LogP contribution < -0.4 is 5.56 Å². The maximum atomic E-state index is 12.9. The Morgan fingerprint density at radius 3 is 2.64 bits per heavy atom. The van der Waals surface area contributed by atoms with Gasteiger partial charge in [0.15, 0.2) is 5.16 Å². The molecule has 1 aliphatic carbocycles. The molecule has 5 nitrogen and oxygen atoms in total. The summed E-state index contributed by atoms with van der Waals surface area (Å²) in [5, 5.41) is 1.93. The molecule has 0 radical (unpaired) electrons. The molecular weight excluding hydrogens is 394 g/mol. The van der Waals surface area contributed by atoms with Crippen LogP contribution in [0.3, 0.4) is 0 Å². The van der Waals surface area contributed by atoms with Crippen LogP contribution in [0.2, 0.25) is 5.02 Å². The summed E-state index contributed by atoms with van der Waals surface area (Å²) in [7, 11) is 1.78. The van der Waals surface area contributed by atoms with E-state index in [1.165, 1.54) is 11.8 Å². The molecule has 0 unspecified atom stereocenters. The minimum Gasteiger partial charge on any atom is -0.341 e. The Morgan fingerprint density at radius 1 is 1.21 bits per heavy atom. The highest BCUT2D eigenvalue weighted by Crippen LogP contribution is 2.36. The molecule has 0 N–H and O–H groups in total. The lowest BCUT2D eigenvalue weighted by atomic mass is 10.2. The van der Waals surface area contributed by atoms with E-state index in [0.29, 0.717) is 27.6 Å². The molecule has 28 heavy (non-hydrogen) atoms. The zero-order chi connectivity index (χ0) is 19.7. The van der Waals surface area contributed by atoms with Crippen molar-refractivity contribution in [2.24, 2.45) is 0 Å². The molecule has 1 fully saturated rings. The van der Waals surface area contributed by atoms with E-state index >= 15 is 0 Å². The van der Waals surface area contributed by atoms with Crippen LogP contribution in [-0.4, -0.2) is 33.2 Å². The van der Waals surface area contributed by atoms with Crippen LogP contribution >= 0.6 is 23.4 Å². The molecule has 0 spiro atoms. The van der Waals surface area contributed by atoms with Gasteiger partial charge in [0, 0.05) is 24.7 Å². The first-order chi connectivity index (χ1) is 13.5. The first kappa shape index (κ1) is 19.0. The zero-order valence-corrected chi connectivity index (χ0v) is 17.0. The molecule has 7 heteroatoms. The van der Waals surface area contributed by atoms with E-state index in [1.807, 2.05) is 48.5 Å². The number of carbonyl (C=O) groups is 1. The minimum absolute atomic E-state index is 0.00953. The molecule has 1 aliphatic rings. The molecule has 1 saturated carbocycles. The van der Waals surface area contributed by atoms with E-state index in [2.05, 4.69) is 4.98 Å². The molecular formula is C21H20ClN3O2S. The summed E-state index contributed by atoms with van der Waals surface area (Å²) < 4.78 is 1.76. The normalized spacial score (nSPS) is 13.6. The average Bonchev–Trinajstić information content (AvgIpc) is 3.53. The van der Waals surface area contributed by atoms with Crippen molar-refractivity contribution in [3.63, 3.8) is 0 Å². The van der Waals surface area contributed by atoms with Gasteiger partial charge in [0.1, 0.15) is 0 Å². The number of hydrogen-bond donors (Lipinski definition) is 0. The van der Waals surface area contributed by atoms with Crippen molar-refractivity contribution < 1.29 is 4.79 Å². The van der Waals surface area contributed by atoms with Crippen LogP contribution in [-0.2, 0) is 11.3 Å². The summed E-state index contributed by atoms with van der Waals surface area (Å²) >= 11 is 7.24. The summed E-state index contributed by atoms with van der Waals surface area (Å²) in [5.74, 6) is 0.228. The van der Waals surface area contributed by atoms with Gasteiger partial charge in [-0.1, -0.05) is 47.6 Å². The Kier molecular flexibility index (Phi) is 5.42. The number of nitrogens with zero attached hydrogens (tertiary/aromatic N) is 3. The summed E-state index contributed by atoms with van der Waals surface area (Å²) in [6.45, 7) is 0.511. The van der Waals surface area contributed by atoms with Crippen molar-refractivity contribution in [3.05, 3.63) is 69.5 Å². The van der Waals surface area contributed by atoms with Crippen LogP contribution in [0.4, 0.5) is 0 Å². The Morgan fingerprint density at radius 2 is 1.93 bits per heavy atom. The fourth-order valence-corrected chi connectivity index (χ4v) is 4.20. The largest absolute Gasteiger partial charge is 0.341 e. The number of halogens is 1. The lowest BCUT2D eigenvalue weighted by Crippen LogP contribution is -2.28. The molecule has 1 heterocycles. The van der Waals surface area contributed by atoms with Gasteiger partial charge in [0.25, 0.3) is 5.56 Å². The summed E-state index contributed by atoms with van der Waals surface area (Å²) in [6.07, 6.45) is 1.97. The number of benzene rings is 2. The molecule has 0 saturated heterocycles. The third-order valence-corrected chi connectivity index (χ3v) is 5.96. The van der Waals surface area contributed by atoms with E-state index in [0.717, 1.165) is 18.4 Å². The lowest BCUT2D eigenvalue weighted by Gasteiger charge is -2.18. The fourth-order valence-electron chi connectivity index (χ4n) is 3.07. The monoisotopic (exact) mass is 413 g/mol. The van der Waals surface area contributed by atoms with Crippen molar-refractivity contribution in [3.8, 4) is 0 Å². The van der Waals surface area contributed by atoms with E-state index in [-0.39, 0.29) is 23.3 Å². The SMILES string of the molecule is CN(Cc1ccc(Cl)cc1)C(=O)CSc1nc2ccccc2c(=O)n1C1CC1. The topological polar surface area (TPSA) is 55.2 Å². The molecule has 0 bridgehead atoms. The fraction of sp³-hybridized carbons (Fsp3) is 0.286. The van der Waals surface area contributed by atoms with Crippen molar-refractivity contribution in [1.82, 2.24) is 14.5 Å². The molecule has 4 rings (SSSR count). The van der Waals surface area contributed by atoms with E-state index in [4.69, 9.17) is 11.6 Å². The number of para-hydroxylation sites is 1. The predicted octanol–water partition coefficient (Wildman–Crippen LogP) is 4.14. The van der Waals surface area contributed by atoms with Gasteiger partial charge in [-0.2, -0.15) is 0 Å². The van der Waals surface area contributed by atoms with Gasteiger partial charge in [-0.15, -0.1) is 0 Å². The number of thioether (sulfide) groups is 1. The van der Waals surface area contributed by atoms with E-state index < -0.39 is 0 Å². The van der Waals surface area contributed by atoms with Gasteiger partial charge >= 0.3 is 0 Å². The van der Waals surface area contributed by atoms with Gasteiger partial charge in [-0.3, -0.25) is 14.2 Å². The minimum atomic E-state index is -0.0161. The number of carbonyl (C=O) groups excluding carboxylic acids is 1. The highest BCUT2D eigenvalue weighted by atomic mass is 35.5. The van der Waals surface area contributed by atoms with Crippen LogP contribution in [0.15, 0.2) is 58.5 Å². The first-order valence-corrected chi connectivity index (χ1v) is 10.5. The van der Waals surface area contributed by atoms with Gasteiger partial charge in [-0.25, -0.2) is 4.98 Å². The van der Waals surface area contributed by atoms with Crippen molar-refractivity contribution >= 4 is 40.2 Å². The Labute approximate surface area is 172 Å². The third kappa shape index (κ3) is 4.08. The summed E-state index contributed by atoms with van der Waals surface area (Å²) in [6, 6.07) is 15.0. The second-order valence-electron chi connectivity index (χ2n) is 6.98. The third-order valence-electron chi connectivity index (χ3n) is 4.77. The van der Waals surface area contributed by atoms with Gasteiger partial charge in [0.05, 0.1) is 16.7 Å². The maximum absolute atomic E-state index is 12.9. The standard InChI is InChI=1S/C21H20ClN3O2S/c1-24(12-14-6-8-15(22)9-7-14)19(26)13-28-21-23-18-5-3-2-4-17(18)20(27)25(21)16-10-11-16/h2-9,16H,10-13H2,1H3. The molecule has 0 atom stereocenters. The Hall–Kier alpha value is -2.31. The molecule has 1 aromatic heterocycles. The quantitative estimate of drug-likeness (QED) is 0.450. The average molecular weight is 414 g/mol. The van der Waals surface area contributed by atoms with Gasteiger partial charge in [0.2, 0.25) is 5.91 Å². The number of hydrogen-bond acceptors (Lipinski definition) is 4. The van der Waals surface area contributed by atoms with Crippen molar-refractivity contribution in [2.45, 2.75) is 30.6 Å². The highest BCUT2D eigenvalue weighted by Gasteiger charge is 2.28. The van der Waals surface area contributed by atoms with Gasteiger partial charge in [-0.05, 0) is 42.7 Å². The Balaban J connectivity index is 1.50. The zero-order valence-electron chi connectivity index (χ0n) is 15.5. The number of aromatic nitrogens is 2. The maximum Gasteiger partial charge on any atom is 0.262 e. The lowest BCUT2D eigenvalue weighted by molar-refractivity contribution is -0.127. The van der Waals surface area contributed by atoms with Crippen LogP contribution in [0, 0.1) is 0 Å². The van der Waals surface area contributed by atoms with Crippen LogP contribution in [0.1, 0.15) is 24.4 Å². The van der Waals surface area contributed by atoms with Gasteiger partial charge < -0.3 is 4.90 Å². The van der Waals surface area contributed by atoms with Crippen molar-refractivity contribution in [1.29, 1.82) is 0 Å². The summed E-state index contributed by atoms with van der Waals surface area (Å²) in [4.78, 5) is 31.8. The predicted molar refractivity (Wildman–Crippen MR) is 113 cm³/mol. The molecule has 3 aromatic rings. The number of rotatable bonds is 6. The Bertz CT molecular complexity index is 1080. The molecule has 0 aliphatic heterocycles. The van der Waals surface area contributed by atoms with Crippen LogP contribution in [0.5, 0.6) is 0 Å². The smallest absolute Gasteiger partial charge is 0.262 e. The molecule has 2 aromatic carbocycles. The second kappa shape index (κ2) is 7.97. The van der Waals surface area contributed by atoms with Crippen LogP contribution in [0.25, 0.3) is 10.9 Å². The van der Waals surface area contributed by atoms with E-state index in [1.54, 1.807) is 16.5 Å². The first-order valence-electron chi connectivity index (χ1n) is 9.15. The van der Waals surface area contributed by atoms with Crippen molar-refractivity contribution in [2.75, 3.05) is 12.8 Å². The molecule has 144 valence electrons. The number of amides is 1. The highest BCUT2D eigenvalue weighted by molar-refractivity contribution is 7.99.